The lowest BCUT2D eigenvalue weighted by Crippen LogP contribution is -2.42. The highest BCUT2D eigenvalue weighted by atomic mass is 16.5. The van der Waals surface area contributed by atoms with Crippen molar-refractivity contribution in [3.05, 3.63) is 72.8 Å². The highest BCUT2D eigenvalue weighted by Gasteiger charge is 2.25. The lowest BCUT2D eigenvalue weighted by molar-refractivity contribution is 0.246. The number of nitrogens with one attached hydrogen (secondary N) is 2. The summed E-state index contributed by atoms with van der Waals surface area (Å²) in [6, 6.07) is 19.4. The minimum atomic E-state index is -0.638. The number of anilines is 3. The molecule has 4 amide bonds. The quantitative estimate of drug-likeness (QED) is 0.397. The van der Waals surface area contributed by atoms with Crippen LogP contribution in [0.15, 0.2) is 72.8 Å². The summed E-state index contributed by atoms with van der Waals surface area (Å²) in [6.45, 7) is 7.07. The van der Waals surface area contributed by atoms with Gasteiger partial charge in [-0.05, 0) is 57.2 Å². The smallest absolute Gasteiger partial charge is 0.334 e. The van der Waals surface area contributed by atoms with Gasteiger partial charge in [0, 0.05) is 29.6 Å². The number of amides is 4. The first-order valence-electron chi connectivity index (χ1n) is 11.1. The molecule has 0 radical (unpaired) electrons. The second-order valence-corrected chi connectivity index (χ2v) is 7.05. The second kappa shape index (κ2) is 12.2. The van der Waals surface area contributed by atoms with Gasteiger partial charge in [-0.3, -0.25) is 0 Å². The predicted octanol–water partition coefficient (Wildman–Crippen LogP) is 6.15. The molecule has 0 unspecified atom stereocenters. The van der Waals surface area contributed by atoms with Gasteiger partial charge in [0.05, 0.1) is 25.5 Å². The summed E-state index contributed by atoms with van der Waals surface area (Å²) in [5, 5.41) is 5.54. The highest BCUT2D eigenvalue weighted by molar-refractivity contribution is 6.21. The lowest BCUT2D eigenvalue weighted by Gasteiger charge is -2.23. The number of hydrogen-bond acceptors (Lipinski definition) is 5. The largest absolute Gasteiger partial charge is 0.494 e. The Morgan fingerprint density at radius 1 is 0.647 bits per heavy atom. The third-order valence-corrected chi connectivity index (χ3v) is 4.59. The number of urea groups is 2. The van der Waals surface area contributed by atoms with Crippen LogP contribution in [0.2, 0.25) is 0 Å². The van der Waals surface area contributed by atoms with Crippen LogP contribution in [-0.4, -0.2) is 31.9 Å². The maximum absolute atomic E-state index is 13.3. The van der Waals surface area contributed by atoms with Gasteiger partial charge in [-0.25, -0.2) is 14.5 Å². The first-order chi connectivity index (χ1) is 16.5. The molecule has 0 aliphatic rings. The molecule has 2 N–H and O–H groups in total. The average Bonchev–Trinajstić information content (AvgIpc) is 2.81. The Hall–Kier alpha value is -4.20. The van der Waals surface area contributed by atoms with Gasteiger partial charge in [0.25, 0.3) is 0 Å². The molecule has 0 fully saturated rings. The van der Waals surface area contributed by atoms with Gasteiger partial charge < -0.3 is 24.8 Å². The van der Waals surface area contributed by atoms with Crippen LogP contribution in [-0.2, 0) is 0 Å². The zero-order valence-electron chi connectivity index (χ0n) is 19.5. The van der Waals surface area contributed by atoms with E-state index in [1.807, 2.05) is 20.8 Å². The van der Waals surface area contributed by atoms with Crippen molar-refractivity contribution < 1.29 is 23.8 Å². The van der Waals surface area contributed by atoms with E-state index in [-0.39, 0.29) is 0 Å². The number of carbonyl (C=O) groups excluding carboxylic acids is 2. The number of benzene rings is 3. The van der Waals surface area contributed by atoms with E-state index in [4.69, 9.17) is 14.2 Å². The summed E-state index contributed by atoms with van der Waals surface area (Å²) in [5.41, 5.74) is 1.34. The molecular formula is C26H29N3O5. The Morgan fingerprint density at radius 2 is 1.06 bits per heavy atom. The molecule has 178 valence electrons. The Morgan fingerprint density at radius 3 is 1.50 bits per heavy atom. The Kier molecular flexibility index (Phi) is 8.73. The van der Waals surface area contributed by atoms with Gasteiger partial charge in [0.1, 0.15) is 17.2 Å². The van der Waals surface area contributed by atoms with Crippen molar-refractivity contribution in [2.45, 2.75) is 20.8 Å². The Labute approximate surface area is 199 Å². The minimum absolute atomic E-state index is 0.350. The van der Waals surface area contributed by atoms with E-state index in [0.29, 0.717) is 54.1 Å². The second-order valence-electron chi connectivity index (χ2n) is 7.05. The van der Waals surface area contributed by atoms with Crippen LogP contribution in [0.25, 0.3) is 0 Å². The van der Waals surface area contributed by atoms with Gasteiger partial charge in [-0.1, -0.05) is 18.2 Å². The number of nitrogens with zero attached hydrogens (tertiary/aromatic N) is 1. The lowest BCUT2D eigenvalue weighted by atomic mass is 10.2. The third kappa shape index (κ3) is 6.65. The van der Waals surface area contributed by atoms with E-state index in [0.717, 1.165) is 4.90 Å². The van der Waals surface area contributed by atoms with Crippen LogP contribution >= 0.6 is 0 Å². The normalized spacial score (nSPS) is 10.2. The molecule has 3 aromatic rings. The van der Waals surface area contributed by atoms with E-state index in [2.05, 4.69) is 10.6 Å². The van der Waals surface area contributed by atoms with Crippen molar-refractivity contribution in [3.63, 3.8) is 0 Å². The van der Waals surface area contributed by atoms with Gasteiger partial charge in [-0.15, -0.1) is 0 Å². The fraction of sp³-hybridized carbons (Fsp3) is 0.231. The SMILES string of the molecule is CCOc1cccc(NC(=O)N(C(=O)Nc2cccc(OCC)c2)c2cccc(OCC)c2)c1. The Bertz CT molecular complexity index is 1060. The van der Waals surface area contributed by atoms with Crippen molar-refractivity contribution in [3.8, 4) is 17.2 Å². The van der Waals surface area contributed by atoms with Crippen LogP contribution in [0, 0.1) is 0 Å². The third-order valence-electron chi connectivity index (χ3n) is 4.59. The van der Waals surface area contributed by atoms with Crippen molar-refractivity contribution in [1.82, 2.24) is 0 Å². The van der Waals surface area contributed by atoms with Crippen LogP contribution < -0.4 is 29.7 Å². The van der Waals surface area contributed by atoms with E-state index < -0.39 is 12.1 Å². The van der Waals surface area contributed by atoms with Crippen LogP contribution in [0.4, 0.5) is 26.7 Å². The fourth-order valence-corrected chi connectivity index (χ4v) is 3.23. The van der Waals surface area contributed by atoms with Gasteiger partial charge in [0.15, 0.2) is 0 Å². The first-order valence-corrected chi connectivity index (χ1v) is 11.1. The number of imide groups is 1. The molecule has 0 aliphatic carbocycles. The maximum atomic E-state index is 13.3. The van der Waals surface area contributed by atoms with Crippen LogP contribution in [0.5, 0.6) is 17.2 Å². The summed E-state index contributed by atoms with van der Waals surface area (Å²) in [5.74, 6) is 1.77. The summed E-state index contributed by atoms with van der Waals surface area (Å²) >= 11 is 0. The first kappa shape index (κ1) is 24.4. The van der Waals surface area contributed by atoms with E-state index in [1.54, 1.807) is 72.8 Å². The monoisotopic (exact) mass is 463 g/mol. The van der Waals surface area contributed by atoms with E-state index in [1.165, 1.54) is 0 Å². The minimum Gasteiger partial charge on any atom is -0.494 e. The maximum Gasteiger partial charge on any atom is 0.334 e. The number of carbonyl (C=O) groups is 2. The Balaban J connectivity index is 1.89. The van der Waals surface area contributed by atoms with Crippen LogP contribution in [0.3, 0.4) is 0 Å². The molecular weight excluding hydrogens is 434 g/mol. The van der Waals surface area contributed by atoms with E-state index in [9.17, 15) is 9.59 Å². The molecule has 8 nitrogen and oxygen atoms in total. The zero-order chi connectivity index (χ0) is 24.3. The molecule has 0 heterocycles. The summed E-state index contributed by atoms with van der Waals surface area (Å²) in [6.07, 6.45) is 0. The van der Waals surface area contributed by atoms with Crippen molar-refractivity contribution in [1.29, 1.82) is 0 Å². The molecule has 0 saturated heterocycles. The van der Waals surface area contributed by atoms with Crippen molar-refractivity contribution >= 4 is 29.1 Å². The number of hydrogen-bond donors (Lipinski definition) is 2. The summed E-state index contributed by atoms with van der Waals surface area (Å²) in [7, 11) is 0. The highest BCUT2D eigenvalue weighted by Crippen LogP contribution is 2.25. The number of ether oxygens (including phenoxy) is 3. The summed E-state index contributed by atoms with van der Waals surface area (Å²) < 4.78 is 16.6. The zero-order valence-corrected chi connectivity index (χ0v) is 19.5. The molecule has 0 bridgehead atoms. The number of rotatable bonds is 9. The van der Waals surface area contributed by atoms with Crippen LogP contribution in [0.1, 0.15) is 20.8 Å². The standard InChI is InChI=1S/C26H29N3O5/c1-4-32-22-13-7-10-19(16-22)27-25(30)29(21-12-9-15-24(18-21)34-6-3)26(31)28-20-11-8-14-23(17-20)33-5-2/h7-18H,4-6H2,1-3H3,(H,27,30)(H,28,31). The van der Waals surface area contributed by atoms with E-state index >= 15 is 0 Å². The molecule has 3 aromatic carbocycles. The topological polar surface area (TPSA) is 89.1 Å². The van der Waals surface area contributed by atoms with Crippen molar-refractivity contribution in [2.75, 3.05) is 35.4 Å². The molecule has 0 atom stereocenters. The van der Waals surface area contributed by atoms with Gasteiger partial charge >= 0.3 is 12.1 Å². The molecule has 34 heavy (non-hydrogen) atoms. The van der Waals surface area contributed by atoms with Crippen molar-refractivity contribution in [2.24, 2.45) is 0 Å². The average molecular weight is 464 g/mol. The molecule has 0 saturated carbocycles. The molecule has 0 aliphatic heterocycles. The van der Waals surface area contributed by atoms with Gasteiger partial charge in [-0.2, -0.15) is 0 Å². The molecule has 8 heteroatoms. The molecule has 0 aromatic heterocycles. The molecule has 0 spiro atoms. The predicted molar refractivity (Wildman–Crippen MR) is 133 cm³/mol. The molecule has 3 rings (SSSR count). The van der Waals surface area contributed by atoms with Gasteiger partial charge in [0.2, 0.25) is 0 Å². The fourth-order valence-electron chi connectivity index (χ4n) is 3.23. The summed E-state index contributed by atoms with van der Waals surface area (Å²) in [4.78, 5) is 27.6.